The number of hydrogen-bond acceptors (Lipinski definition) is 6. The highest BCUT2D eigenvalue weighted by Gasteiger charge is 2.19. The number of carbonyl (C=O) groups excluding carboxylic acids is 3. The SMILES string of the molecule is CCCCC/C=C\C/C=C\C/C=C\CCCCCCCCC(=O)OC(COC(=O)CCCCCCCCCCC/C=C\CCCCCCCC)COC(=O)CCCCCCCCCCCC/C=C\C/C=C\C/C=C\CCCCCCC. The van der Waals surface area contributed by atoms with Crippen molar-refractivity contribution in [2.24, 2.45) is 0 Å². The topological polar surface area (TPSA) is 78.9 Å². The van der Waals surface area contributed by atoms with Crippen LogP contribution in [0.1, 0.15) is 355 Å². The molecule has 0 radical (unpaired) electrons. The number of unbranched alkanes of at least 4 members (excludes halogenated alkanes) is 39. The molecule has 6 nitrogen and oxygen atoms in total. The van der Waals surface area contributed by atoms with Crippen LogP contribution in [0.25, 0.3) is 0 Å². The van der Waals surface area contributed by atoms with Crippen LogP contribution in [0, 0.1) is 0 Å². The van der Waals surface area contributed by atoms with E-state index in [0.29, 0.717) is 19.3 Å². The number of rotatable bonds is 64. The van der Waals surface area contributed by atoms with Crippen LogP contribution in [0.15, 0.2) is 85.1 Å². The summed E-state index contributed by atoms with van der Waals surface area (Å²) in [6.45, 7) is 6.63. The predicted molar refractivity (Wildman–Crippen MR) is 353 cm³/mol. The number of ether oxygens (including phenoxy) is 3. The summed E-state index contributed by atoms with van der Waals surface area (Å²) in [6, 6.07) is 0. The van der Waals surface area contributed by atoms with Crippen LogP contribution >= 0.6 is 0 Å². The minimum absolute atomic E-state index is 0.0826. The van der Waals surface area contributed by atoms with E-state index in [1.54, 1.807) is 0 Å². The van der Waals surface area contributed by atoms with E-state index in [1.807, 2.05) is 0 Å². The van der Waals surface area contributed by atoms with Gasteiger partial charge in [0.1, 0.15) is 13.2 Å². The molecule has 1 unspecified atom stereocenters. The van der Waals surface area contributed by atoms with Crippen LogP contribution in [0.5, 0.6) is 0 Å². The Bertz CT molecular complexity index is 1530. The molecule has 0 aromatic rings. The van der Waals surface area contributed by atoms with Gasteiger partial charge in [-0.25, -0.2) is 0 Å². The molecular formula is C75H132O6. The van der Waals surface area contributed by atoms with Crippen molar-refractivity contribution in [2.45, 2.75) is 361 Å². The Balaban J connectivity index is 4.38. The van der Waals surface area contributed by atoms with Gasteiger partial charge in [-0.05, 0) is 122 Å². The Hall–Kier alpha value is -3.41. The molecule has 0 aliphatic carbocycles. The third kappa shape index (κ3) is 67.3. The van der Waals surface area contributed by atoms with E-state index in [2.05, 4.69) is 106 Å². The van der Waals surface area contributed by atoms with Gasteiger partial charge in [-0.1, -0.05) is 298 Å². The molecule has 0 aromatic carbocycles. The lowest BCUT2D eigenvalue weighted by Crippen LogP contribution is -2.30. The fraction of sp³-hybridized carbons (Fsp3) is 0.773. The first-order valence-corrected chi connectivity index (χ1v) is 35.1. The maximum absolute atomic E-state index is 13.0. The predicted octanol–water partition coefficient (Wildman–Crippen LogP) is 24.2. The Morgan fingerprint density at radius 3 is 0.728 bits per heavy atom. The van der Waals surface area contributed by atoms with Gasteiger partial charge in [-0.2, -0.15) is 0 Å². The molecule has 0 heterocycles. The van der Waals surface area contributed by atoms with E-state index in [0.717, 1.165) is 96.3 Å². The van der Waals surface area contributed by atoms with Gasteiger partial charge >= 0.3 is 17.9 Å². The summed E-state index contributed by atoms with van der Waals surface area (Å²) in [6.07, 6.45) is 91.6. The lowest BCUT2D eigenvalue weighted by molar-refractivity contribution is -0.167. The first-order chi connectivity index (χ1) is 40.0. The zero-order valence-corrected chi connectivity index (χ0v) is 53.8. The molecule has 6 heteroatoms. The summed E-state index contributed by atoms with van der Waals surface area (Å²) in [7, 11) is 0. The summed E-state index contributed by atoms with van der Waals surface area (Å²) in [4.78, 5) is 38.5. The number of hydrogen-bond donors (Lipinski definition) is 0. The van der Waals surface area contributed by atoms with E-state index >= 15 is 0 Å². The molecule has 0 aromatic heterocycles. The Morgan fingerprint density at radius 2 is 0.444 bits per heavy atom. The highest BCUT2D eigenvalue weighted by molar-refractivity contribution is 5.71. The van der Waals surface area contributed by atoms with Crippen molar-refractivity contribution in [1.82, 2.24) is 0 Å². The average Bonchev–Trinajstić information content (AvgIpc) is 3.47. The van der Waals surface area contributed by atoms with Gasteiger partial charge in [0, 0.05) is 19.3 Å². The fourth-order valence-corrected chi connectivity index (χ4v) is 10.0. The van der Waals surface area contributed by atoms with Crippen LogP contribution in [0.4, 0.5) is 0 Å². The van der Waals surface area contributed by atoms with Gasteiger partial charge in [-0.15, -0.1) is 0 Å². The second-order valence-electron chi connectivity index (χ2n) is 23.4. The van der Waals surface area contributed by atoms with Gasteiger partial charge in [0.15, 0.2) is 6.10 Å². The summed E-state index contributed by atoms with van der Waals surface area (Å²) in [5.41, 5.74) is 0. The molecule has 0 N–H and O–H groups in total. The Labute approximate surface area is 503 Å². The van der Waals surface area contributed by atoms with E-state index in [4.69, 9.17) is 14.2 Å². The Kier molecular flexibility index (Phi) is 66.2. The molecule has 0 amide bonds. The third-order valence-electron chi connectivity index (χ3n) is 15.3. The van der Waals surface area contributed by atoms with Crippen LogP contribution in [-0.4, -0.2) is 37.2 Å². The summed E-state index contributed by atoms with van der Waals surface area (Å²) in [5, 5.41) is 0. The van der Waals surface area contributed by atoms with Gasteiger partial charge < -0.3 is 14.2 Å². The minimum atomic E-state index is -0.789. The third-order valence-corrected chi connectivity index (χ3v) is 15.3. The van der Waals surface area contributed by atoms with Crippen molar-refractivity contribution in [1.29, 1.82) is 0 Å². The van der Waals surface area contributed by atoms with E-state index in [-0.39, 0.29) is 31.1 Å². The van der Waals surface area contributed by atoms with Crippen molar-refractivity contribution in [2.75, 3.05) is 13.2 Å². The quantitative estimate of drug-likeness (QED) is 0.0261. The van der Waals surface area contributed by atoms with Gasteiger partial charge in [0.05, 0.1) is 0 Å². The monoisotopic (exact) mass is 1130 g/mol. The van der Waals surface area contributed by atoms with Crippen molar-refractivity contribution >= 4 is 17.9 Å². The highest BCUT2D eigenvalue weighted by atomic mass is 16.6. The molecule has 0 spiro atoms. The maximum Gasteiger partial charge on any atom is 0.306 e. The van der Waals surface area contributed by atoms with E-state index in [1.165, 1.54) is 218 Å². The molecule has 0 fully saturated rings. The van der Waals surface area contributed by atoms with Crippen molar-refractivity contribution in [3.63, 3.8) is 0 Å². The fourth-order valence-electron chi connectivity index (χ4n) is 10.0. The van der Waals surface area contributed by atoms with Crippen molar-refractivity contribution < 1.29 is 28.6 Å². The van der Waals surface area contributed by atoms with E-state index < -0.39 is 6.10 Å². The molecule has 0 saturated carbocycles. The Morgan fingerprint density at radius 1 is 0.247 bits per heavy atom. The summed E-state index contributed by atoms with van der Waals surface area (Å²) < 4.78 is 17.0. The number of carbonyl (C=O) groups is 3. The summed E-state index contributed by atoms with van der Waals surface area (Å²) >= 11 is 0. The lowest BCUT2D eigenvalue weighted by Gasteiger charge is -2.18. The van der Waals surface area contributed by atoms with E-state index in [9.17, 15) is 14.4 Å². The molecule has 0 aliphatic heterocycles. The zero-order valence-electron chi connectivity index (χ0n) is 53.8. The second kappa shape index (κ2) is 69.1. The van der Waals surface area contributed by atoms with Gasteiger partial charge in [-0.3, -0.25) is 14.4 Å². The number of esters is 3. The second-order valence-corrected chi connectivity index (χ2v) is 23.4. The largest absolute Gasteiger partial charge is 0.462 e. The normalized spacial score (nSPS) is 12.6. The van der Waals surface area contributed by atoms with Gasteiger partial charge in [0.25, 0.3) is 0 Å². The van der Waals surface area contributed by atoms with Crippen molar-refractivity contribution in [3.05, 3.63) is 85.1 Å². The molecule has 1 atom stereocenters. The standard InChI is InChI=1S/C75H132O6/c1-4-7-10-13-16-19-22-25-28-31-34-35-36-37-38-39-42-44-47-50-53-56-59-62-65-68-74(77)80-71-72(81-75(78)69-66-63-60-57-54-51-48-45-41-33-30-27-24-21-18-15-12-9-6-3)70-79-73(76)67-64-61-58-55-52-49-46-43-40-32-29-26-23-20-17-14-11-8-5-2/h18,21-22,25-27,29-31,34,36-37,41,45,72H,4-17,19-20,23-24,28,32-33,35,38-40,42-44,46-71H2,1-3H3/b21-18-,25-22-,29-26-,30-27-,34-31-,37-36-,45-41-. The smallest absolute Gasteiger partial charge is 0.306 e. The minimum Gasteiger partial charge on any atom is -0.462 e. The van der Waals surface area contributed by atoms with Crippen LogP contribution < -0.4 is 0 Å². The molecule has 81 heavy (non-hydrogen) atoms. The summed E-state index contributed by atoms with van der Waals surface area (Å²) in [5.74, 6) is -0.884. The highest BCUT2D eigenvalue weighted by Crippen LogP contribution is 2.17. The number of allylic oxidation sites excluding steroid dienone is 14. The molecule has 0 aliphatic rings. The van der Waals surface area contributed by atoms with Crippen molar-refractivity contribution in [3.8, 4) is 0 Å². The molecular weight excluding hydrogens is 997 g/mol. The molecule has 0 rings (SSSR count). The molecule has 468 valence electrons. The van der Waals surface area contributed by atoms with Crippen LogP contribution in [0.3, 0.4) is 0 Å². The first kappa shape index (κ1) is 77.6. The van der Waals surface area contributed by atoms with Gasteiger partial charge in [0.2, 0.25) is 0 Å². The first-order valence-electron chi connectivity index (χ1n) is 35.1. The average molecular weight is 1130 g/mol. The molecule has 0 saturated heterocycles. The lowest BCUT2D eigenvalue weighted by atomic mass is 10.0. The molecule has 0 bridgehead atoms. The maximum atomic E-state index is 13.0. The van der Waals surface area contributed by atoms with Crippen LogP contribution in [0.2, 0.25) is 0 Å². The van der Waals surface area contributed by atoms with Crippen LogP contribution in [-0.2, 0) is 28.6 Å². The zero-order chi connectivity index (χ0) is 58.5.